The first kappa shape index (κ1) is 22.5. The lowest BCUT2D eigenvalue weighted by Crippen LogP contribution is -2.46. The van der Waals surface area contributed by atoms with Crippen LogP contribution in [0.25, 0.3) is 0 Å². The van der Waals surface area contributed by atoms with Gasteiger partial charge in [0.05, 0.1) is 12.3 Å². The van der Waals surface area contributed by atoms with E-state index in [1.54, 1.807) is 0 Å². The van der Waals surface area contributed by atoms with Crippen LogP contribution in [0.5, 0.6) is 0 Å². The van der Waals surface area contributed by atoms with Crippen molar-refractivity contribution in [3.05, 3.63) is 29.8 Å². The van der Waals surface area contributed by atoms with E-state index in [-0.39, 0.29) is 37.4 Å². The Balaban J connectivity index is 2.52. The lowest BCUT2D eigenvalue weighted by molar-refractivity contribution is -0.125. The van der Waals surface area contributed by atoms with Gasteiger partial charge in [0.1, 0.15) is 5.71 Å². The molecule has 0 atom stereocenters. The Kier molecular flexibility index (Phi) is 6.72. The quantitative estimate of drug-likeness (QED) is 0.559. The highest BCUT2D eigenvalue weighted by Gasteiger charge is 2.53. The summed E-state index contributed by atoms with van der Waals surface area (Å²) in [6.45, 7) is 0.852. The van der Waals surface area contributed by atoms with Crippen molar-refractivity contribution in [1.29, 1.82) is 0 Å². The molecule has 9 nitrogen and oxygen atoms in total. The van der Waals surface area contributed by atoms with E-state index < -0.39 is 37.5 Å². The van der Waals surface area contributed by atoms with Gasteiger partial charge in [0, 0.05) is 19.5 Å². The number of carbonyl (C=O) groups excluding carboxylic acids is 2. The number of nitrogens with zero attached hydrogens (tertiary/aromatic N) is 3. The average Bonchev–Trinajstić information content (AvgIpc) is 2.64. The Bertz CT molecular complexity index is 917. The molecule has 0 saturated carbocycles. The summed E-state index contributed by atoms with van der Waals surface area (Å²) in [6.07, 6.45) is -1.06. The number of likely N-dealkylation sites (tertiary alicyclic amines) is 1. The van der Waals surface area contributed by atoms with Gasteiger partial charge in [0.15, 0.2) is 0 Å². The van der Waals surface area contributed by atoms with E-state index >= 15 is 0 Å². The lowest BCUT2D eigenvalue weighted by atomic mass is 10.1. The summed E-state index contributed by atoms with van der Waals surface area (Å²) < 4.78 is 67.7. The number of hydrogen-bond donors (Lipinski definition) is 1. The zero-order chi connectivity index (χ0) is 21.8. The molecule has 1 aromatic carbocycles. The molecule has 1 heterocycles. The SMILES string of the molecule is CCOC(=O)N(c1ccccc1CN1CCCC(=NO)C1=O)S(=O)(=O)C(F)(F)F. The van der Waals surface area contributed by atoms with Crippen LogP contribution in [0.15, 0.2) is 29.4 Å². The van der Waals surface area contributed by atoms with Crippen molar-refractivity contribution in [2.45, 2.75) is 31.8 Å². The number of benzene rings is 1. The van der Waals surface area contributed by atoms with Crippen LogP contribution < -0.4 is 4.31 Å². The number of para-hydroxylation sites is 1. The fourth-order valence-electron chi connectivity index (χ4n) is 2.73. The van der Waals surface area contributed by atoms with E-state index in [2.05, 4.69) is 9.89 Å². The maximum Gasteiger partial charge on any atom is 0.517 e. The number of hydrogen-bond acceptors (Lipinski definition) is 7. The second-order valence-electron chi connectivity index (χ2n) is 5.92. The summed E-state index contributed by atoms with van der Waals surface area (Å²) in [5, 5.41) is 11.8. The molecular weight excluding hydrogens is 419 g/mol. The summed E-state index contributed by atoms with van der Waals surface area (Å²) in [5.74, 6) is -0.644. The summed E-state index contributed by atoms with van der Waals surface area (Å²) in [5.41, 5.74) is -6.52. The largest absolute Gasteiger partial charge is 0.517 e. The Labute approximate surface area is 164 Å². The van der Waals surface area contributed by atoms with Gasteiger partial charge in [0.25, 0.3) is 5.91 Å². The van der Waals surface area contributed by atoms with E-state index in [1.807, 2.05) is 0 Å². The number of rotatable bonds is 5. The highest BCUT2D eigenvalue weighted by Crippen LogP contribution is 2.34. The van der Waals surface area contributed by atoms with E-state index in [4.69, 9.17) is 5.21 Å². The smallest absolute Gasteiger partial charge is 0.449 e. The monoisotopic (exact) mass is 437 g/mol. The normalized spacial score (nSPS) is 16.8. The third-order valence-corrected chi connectivity index (χ3v) is 5.45. The molecule has 29 heavy (non-hydrogen) atoms. The van der Waals surface area contributed by atoms with Crippen molar-refractivity contribution in [3.8, 4) is 0 Å². The molecule has 0 spiro atoms. The summed E-state index contributed by atoms with van der Waals surface area (Å²) in [6, 6.07) is 4.95. The molecule has 1 aromatic rings. The van der Waals surface area contributed by atoms with Crippen LogP contribution in [-0.4, -0.2) is 54.9 Å². The van der Waals surface area contributed by atoms with Crippen molar-refractivity contribution in [3.63, 3.8) is 0 Å². The molecule has 0 aromatic heterocycles. The van der Waals surface area contributed by atoms with Crippen molar-refractivity contribution in [1.82, 2.24) is 4.90 Å². The number of anilines is 1. The van der Waals surface area contributed by atoms with Gasteiger partial charge < -0.3 is 14.8 Å². The van der Waals surface area contributed by atoms with E-state index in [1.165, 1.54) is 30.0 Å². The van der Waals surface area contributed by atoms with Crippen molar-refractivity contribution in [2.75, 3.05) is 17.5 Å². The maximum absolute atomic E-state index is 13.2. The minimum atomic E-state index is -6.11. The van der Waals surface area contributed by atoms with Gasteiger partial charge in [-0.1, -0.05) is 23.4 Å². The molecule has 0 aliphatic carbocycles. The Morgan fingerprint density at radius 3 is 2.59 bits per heavy atom. The molecule has 0 radical (unpaired) electrons. The van der Waals surface area contributed by atoms with Crippen LogP contribution in [0, 0.1) is 0 Å². The summed E-state index contributed by atoms with van der Waals surface area (Å²) in [7, 11) is -6.11. The molecular formula is C16H18F3N3O6S. The number of amides is 2. The molecule has 1 aliphatic rings. The van der Waals surface area contributed by atoms with Gasteiger partial charge in [0.2, 0.25) is 0 Å². The zero-order valence-electron chi connectivity index (χ0n) is 15.2. The number of carbonyl (C=O) groups is 2. The molecule has 1 saturated heterocycles. The van der Waals surface area contributed by atoms with Crippen molar-refractivity contribution >= 4 is 33.4 Å². The first-order chi connectivity index (χ1) is 13.5. The summed E-state index contributed by atoms with van der Waals surface area (Å²) >= 11 is 0. The second kappa shape index (κ2) is 8.68. The van der Waals surface area contributed by atoms with Gasteiger partial charge in [-0.15, -0.1) is 0 Å². The number of ether oxygens (including phenoxy) is 1. The highest BCUT2D eigenvalue weighted by molar-refractivity contribution is 7.94. The Hall–Kier alpha value is -2.83. The number of alkyl halides is 3. The molecule has 1 N–H and O–H groups in total. The van der Waals surface area contributed by atoms with Crippen LogP contribution in [0.2, 0.25) is 0 Å². The van der Waals surface area contributed by atoms with Gasteiger partial charge >= 0.3 is 21.6 Å². The number of halogens is 3. The molecule has 2 rings (SSSR count). The molecule has 0 bridgehead atoms. The molecule has 13 heteroatoms. The van der Waals surface area contributed by atoms with Crippen LogP contribution in [-0.2, 0) is 26.1 Å². The van der Waals surface area contributed by atoms with Crippen LogP contribution in [0.4, 0.5) is 23.7 Å². The highest BCUT2D eigenvalue weighted by atomic mass is 32.2. The number of piperidine rings is 1. The minimum Gasteiger partial charge on any atom is -0.449 e. The average molecular weight is 437 g/mol. The fraction of sp³-hybridized carbons (Fsp3) is 0.438. The Morgan fingerprint density at radius 1 is 1.34 bits per heavy atom. The zero-order valence-corrected chi connectivity index (χ0v) is 16.0. The predicted octanol–water partition coefficient (Wildman–Crippen LogP) is 2.45. The fourth-order valence-corrected chi connectivity index (χ4v) is 3.62. The number of oxime groups is 1. The van der Waals surface area contributed by atoms with Gasteiger partial charge in [-0.3, -0.25) is 4.79 Å². The van der Waals surface area contributed by atoms with Gasteiger partial charge in [-0.25, -0.2) is 4.79 Å². The molecule has 1 fully saturated rings. The standard InChI is InChI=1S/C16H18F3N3O6S/c1-2-28-15(24)22(29(26,27)16(17,18)19)13-8-4-3-6-11(13)10-21-9-5-7-12(20-25)14(21)23/h3-4,6,8,25H,2,5,7,9-10H2,1H3. The van der Waals surface area contributed by atoms with E-state index in [9.17, 15) is 31.2 Å². The molecule has 0 unspecified atom stereocenters. The van der Waals surface area contributed by atoms with E-state index in [0.29, 0.717) is 6.42 Å². The molecule has 1 aliphatic heterocycles. The van der Waals surface area contributed by atoms with Crippen LogP contribution in [0.1, 0.15) is 25.3 Å². The third-order valence-electron chi connectivity index (χ3n) is 4.03. The van der Waals surface area contributed by atoms with Crippen LogP contribution in [0.3, 0.4) is 0 Å². The molecule has 2 amide bonds. The third kappa shape index (κ3) is 4.60. The Morgan fingerprint density at radius 2 is 2.00 bits per heavy atom. The first-order valence-electron chi connectivity index (χ1n) is 8.41. The van der Waals surface area contributed by atoms with Crippen molar-refractivity contribution < 1.29 is 41.1 Å². The van der Waals surface area contributed by atoms with Gasteiger partial charge in [-0.05, 0) is 25.0 Å². The van der Waals surface area contributed by atoms with Gasteiger partial charge in [-0.2, -0.15) is 25.9 Å². The second-order valence-corrected chi connectivity index (χ2v) is 7.70. The minimum absolute atomic E-state index is 0.0408. The number of sulfonamides is 1. The first-order valence-corrected chi connectivity index (χ1v) is 9.85. The topological polar surface area (TPSA) is 117 Å². The molecule has 160 valence electrons. The van der Waals surface area contributed by atoms with E-state index in [0.717, 1.165) is 6.07 Å². The maximum atomic E-state index is 13.2. The van der Waals surface area contributed by atoms with Crippen molar-refractivity contribution in [2.24, 2.45) is 5.16 Å². The lowest BCUT2D eigenvalue weighted by Gasteiger charge is -2.29. The van der Waals surface area contributed by atoms with Crippen LogP contribution >= 0.6 is 0 Å². The summed E-state index contributed by atoms with van der Waals surface area (Å²) in [4.78, 5) is 25.6. The predicted molar refractivity (Wildman–Crippen MR) is 94.8 cm³/mol.